The Balaban J connectivity index is 2.59. The van der Waals surface area contributed by atoms with Crippen LogP contribution in [0.5, 0.6) is 0 Å². The fourth-order valence-electron chi connectivity index (χ4n) is 1.80. The van der Waals surface area contributed by atoms with E-state index in [1.165, 1.54) is 12.1 Å². The zero-order valence-corrected chi connectivity index (χ0v) is 10.3. The van der Waals surface area contributed by atoms with Crippen LogP contribution in [0.3, 0.4) is 0 Å². The Morgan fingerprint density at radius 1 is 1.30 bits per heavy atom. The molecular formula is C12H9BF3N2O2. The minimum Gasteiger partial charge on any atom is -0.476 e. The number of aromatic nitrogens is 2. The quantitative estimate of drug-likeness (QED) is 0.875. The minimum absolute atomic E-state index is 0.197. The lowest BCUT2D eigenvalue weighted by molar-refractivity contribution is -0.142. The summed E-state index contributed by atoms with van der Waals surface area (Å²) in [7, 11) is 1.80. The zero-order valence-electron chi connectivity index (χ0n) is 10.3. The van der Waals surface area contributed by atoms with Crippen molar-refractivity contribution in [3.63, 3.8) is 0 Å². The van der Waals surface area contributed by atoms with Crippen molar-refractivity contribution in [2.45, 2.75) is 13.0 Å². The van der Waals surface area contributed by atoms with E-state index in [1.54, 1.807) is 26.2 Å². The number of hydrogen-bond donors (Lipinski definition) is 1. The Labute approximate surface area is 113 Å². The third-order valence-electron chi connectivity index (χ3n) is 2.74. The molecule has 1 aromatic carbocycles. The predicted octanol–water partition coefficient (Wildman–Crippen LogP) is 1.97. The van der Waals surface area contributed by atoms with E-state index in [4.69, 9.17) is 5.11 Å². The van der Waals surface area contributed by atoms with E-state index < -0.39 is 23.5 Å². The van der Waals surface area contributed by atoms with Crippen molar-refractivity contribution in [1.82, 2.24) is 9.55 Å². The third kappa shape index (κ3) is 2.54. The molecule has 103 valence electrons. The van der Waals surface area contributed by atoms with Crippen LogP contribution in [0.15, 0.2) is 30.6 Å². The Hall–Kier alpha value is -2.25. The van der Waals surface area contributed by atoms with Gasteiger partial charge in [-0.05, 0) is 12.1 Å². The number of nitrogens with zero attached hydrogens (tertiary/aromatic N) is 2. The van der Waals surface area contributed by atoms with Gasteiger partial charge in [0.25, 0.3) is 0 Å². The number of aromatic carboxylic acids is 1. The molecule has 2 rings (SSSR count). The summed E-state index contributed by atoms with van der Waals surface area (Å²) in [5.74, 6) is -1.71. The van der Waals surface area contributed by atoms with E-state index in [0.717, 1.165) is 16.4 Å². The lowest BCUT2D eigenvalue weighted by atomic mass is 9.73. The molecule has 0 amide bonds. The summed E-state index contributed by atoms with van der Waals surface area (Å²) in [5.41, 5.74) is -1.26. The second-order valence-corrected chi connectivity index (χ2v) is 3.99. The van der Waals surface area contributed by atoms with Crippen LogP contribution in [0.2, 0.25) is 6.82 Å². The smallest absolute Gasteiger partial charge is 0.434 e. The van der Waals surface area contributed by atoms with Gasteiger partial charge in [-0.2, -0.15) is 13.2 Å². The number of carboxylic acid groups (broad SMARTS) is 1. The first kappa shape index (κ1) is 14.2. The Morgan fingerprint density at radius 2 is 1.90 bits per heavy atom. The average Bonchev–Trinajstić information content (AvgIpc) is 2.83. The number of hydrogen-bond acceptors (Lipinski definition) is 2. The SMILES string of the molecule is C[B]c1ccc(-n2cnc(C(=O)O)c2C(F)(F)F)cc1. The predicted molar refractivity (Wildman–Crippen MR) is 66.8 cm³/mol. The van der Waals surface area contributed by atoms with E-state index in [9.17, 15) is 18.0 Å². The second kappa shape index (κ2) is 5.03. The third-order valence-corrected chi connectivity index (χ3v) is 2.74. The summed E-state index contributed by atoms with van der Waals surface area (Å²) in [5, 5.41) is 8.79. The van der Waals surface area contributed by atoms with E-state index in [0.29, 0.717) is 0 Å². The summed E-state index contributed by atoms with van der Waals surface area (Å²) in [6.07, 6.45) is -3.95. The molecule has 0 aliphatic heterocycles. The van der Waals surface area contributed by atoms with Gasteiger partial charge in [0.15, 0.2) is 11.4 Å². The standard InChI is InChI=1S/C12H9BF3N2O2/c1-13-7-2-4-8(5-3-7)18-6-17-9(11(19)20)10(18)12(14,15)16/h2-6H,1H3,(H,19,20). The summed E-state index contributed by atoms with van der Waals surface area (Å²) in [4.78, 5) is 14.2. The molecule has 0 aliphatic carbocycles. The van der Waals surface area contributed by atoms with Crippen LogP contribution in [0, 0.1) is 0 Å². The van der Waals surface area contributed by atoms with Gasteiger partial charge in [0.2, 0.25) is 0 Å². The lowest BCUT2D eigenvalue weighted by Gasteiger charge is -2.12. The normalized spacial score (nSPS) is 11.4. The van der Waals surface area contributed by atoms with Gasteiger partial charge in [-0.15, -0.1) is 0 Å². The molecule has 0 atom stereocenters. The number of carbonyl (C=O) groups is 1. The van der Waals surface area contributed by atoms with Gasteiger partial charge in [-0.1, -0.05) is 24.4 Å². The minimum atomic E-state index is -4.81. The fourth-order valence-corrected chi connectivity index (χ4v) is 1.80. The number of halogens is 3. The van der Waals surface area contributed by atoms with Gasteiger partial charge >= 0.3 is 12.1 Å². The van der Waals surface area contributed by atoms with Crippen LogP contribution in [0.4, 0.5) is 13.2 Å². The van der Waals surface area contributed by atoms with Crippen LogP contribution in [-0.4, -0.2) is 27.9 Å². The first-order chi connectivity index (χ1) is 9.34. The van der Waals surface area contributed by atoms with E-state index in [-0.39, 0.29) is 5.69 Å². The van der Waals surface area contributed by atoms with Crippen LogP contribution in [-0.2, 0) is 6.18 Å². The molecular weight excluding hydrogens is 272 g/mol. The number of benzene rings is 1. The van der Waals surface area contributed by atoms with Gasteiger partial charge in [0.1, 0.15) is 13.6 Å². The first-order valence-corrected chi connectivity index (χ1v) is 5.62. The number of rotatable bonds is 3. The van der Waals surface area contributed by atoms with Gasteiger partial charge < -0.3 is 5.11 Å². The molecule has 1 N–H and O–H groups in total. The lowest BCUT2D eigenvalue weighted by Crippen LogP contribution is -2.17. The van der Waals surface area contributed by atoms with Gasteiger partial charge in [-0.25, -0.2) is 9.78 Å². The average molecular weight is 281 g/mol. The Morgan fingerprint density at radius 3 is 2.35 bits per heavy atom. The Kier molecular flexibility index (Phi) is 3.56. The van der Waals surface area contributed by atoms with Gasteiger partial charge in [0, 0.05) is 5.69 Å². The maximum atomic E-state index is 13.0. The largest absolute Gasteiger partial charge is 0.476 e. The Bertz CT molecular complexity index is 635. The zero-order chi connectivity index (χ0) is 14.9. The molecule has 0 saturated carbocycles. The van der Waals surface area contributed by atoms with Crippen molar-refractivity contribution < 1.29 is 23.1 Å². The highest BCUT2D eigenvalue weighted by Crippen LogP contribution is 2.33. The molecule has 1 aromatic heterocycles. The van der Waals surface area contributed by atoms with E-state index in [1.807, 2.05) is 0 Å². The molecule has 0 saturated heterocycles. The molecule has 8 heteroatoms. The van der Waals surface area contributed by atoms with Gasteiger partial charge in [-0.3, -0.25) is 4.57 Å². The summed E-state index contributed by atoms with van der Waals surface area (Å²) in [6, 6.07) is 6.21. The van der Waals surface area contributed by atoms with E-state index in [2.05, 4.69) is 4.98 Å². The summed E-state index contributed by atoms with van der Waals surface area (Å²) in [6.45, 7) is 1.80. The molecule has 1 heterocycles. The molecule has 0 bridgehead atoms. The van der Waals surface area contributed by atoms with Crippen LogP contribution in [0.1, 0.15) is 16.2 Å². The molecule has 0 unspecified atom stereocenters. The molecule has 20 heavy (non-hydrogen) atoms. The summed E-state index contributed by atoms with van der Waals surface area (Å²) < 4.78 is 39.7. The molecule has 0 spiro atoms. The fraction of sp³-hybridized carbons (Fsp3) is 0.167. The topological polar surface area (TPSA) is 55.1 Å². The first-order valence-electron chi connectivity index (χ1n) is 5.62. The molecule has 0 fully saturated rings. The van der Waals surface area contributed by atoms with Crippen molar-refractivity contribution in [2.75, 3.05) is 0 Å². The second-order valence-electron chi connectivity index (χ2n) is 3.99. The van der Waals surface area contributed by atoms with Crippen molar-refractivity contribution in [3.05, 3.63) is 42.0 Å². The van der Waals surface area contributed by atoms with Crippen LogP contribution >= 0.6 is 0 Å². The van der Waals surface area contributed by atoms with Crippen molar-refractivity contribution >= 4 is 18.7 Å². The van der Waals surface area contributed by atoms with E-state index >= 15 is 0 Å². The molecule has 0 aliphatic rings. The number of carboxylic acids is 1. The van der Waals surface area contributed by atoms with Crippen LogP contribution in [0.25, 0.3) is 5.69 Å². The molecule has 2 aromatic rings. The highest BCUT2D eigenvalue weighted by atomic mass is 19.4. The monoisotopic (exact) mass is 281 g/mol. The molecule has 4 nitrogen and oxygen atoms in total. The van der Waals surface area contributed by atoms with Crippen LogP contribution < -0.4 is 5.46 Å². The van der Waals surface area contributed by atoms with Crippen molar-refractivity contribution in [3.8, 4) is 5.69 Å². The summed E-state index contributed by atoms with van der Waals surface area (Å²) >= 11 is 0. The number of alkyl halides is 3. The van der Waals surface area contributed by atoms with Crippen molar-refractivity contribution in [2.24, 2.45) is 0 Å². The maximum Gasteiger partial charge on any atom is 0.434 e. The maximum absolute atomic E-state index is 13.0. The highest BCUT2D eigenvalue weighted by molar-refractivity contribution is 6.51. The molecule has 1 radical (unpaired) electrons. The highest BCUT2D eigenvalue weighted by Gasteiger charge is 2.40. The van der Waals surface area contributed by atoms with Gasteiger partial charge in [0.05, 0.1) is 0 Å². The number of imidazole rings is 1. The van der Waals surface area contributed by atoms with Crippen molar-refractivity contribution in [1.29, 1.82) is 0 Å².